The number of H-pyrrole nitrogens is 1. The Morgan fingerprint density at radius 2 is 2.23 bits per heavy atom. The molecule has 13 heavy (non-hydrogen) atoms. The third-order valence-corrected chi connectivity index (χ3v) is 1.95. The highest BCUT2D eigenvalue weighted by Gasteiger charge is 2.03. The first-order valence-electron chi connectivity index (χ1n) is 3.39. The highest BCUT2D eigenvalue weighted by molar-refractivity contribution is 7.89. The topological polar surface area (TPSA) is 140 Å². The Hall–Kier alpha value is -1.35. The van der Waals surface area contributed by atoms with Crippen LogP contribution in [0.1, 0.15) is 0 Å². The minimum Gasteiger partial charge on any atom is -0.368 e. The summed E-state index contributed by atoms with van der Waals surface area (Å²) < 4.78 is 21.0. The van der Waals surface area contributed by atoms with Gasteiger partial charge in [-0.05, 0) is 0 Å². The molecule has 74 valence electrons. The van der Waals surface area contributed by atoms with Gasteiger partial charge in [0.05, 0.1) is 5.75 Å². The molecule has 0 saturated heterocycles. The lowest BCUT2D eigenvalue weighted by Gasteiger charge is -1.98. The van der Waals surface area contributed by atoms with E-state index in [2.05, 4.69) is 20.5 Å². The molecule has 0 aliphatic carbocycles. The van der Waals surface area contributed by atoms with E-state index in [4.69, 9.17) is 10.9 Å². The van der Waals surface area contributed by atoms with Crippen LogP contribution in [0.3, 0.4) is 0 Å². The molecule has 0 bridgehead atoms. The first-order chi connectivity index (χ1) is 5.97. The summed E-state index contributed by atoms with van der Waals surface area (Å²) in [4.78, 5) is 3.69. The summed E-state index contributed by atoms with van der Waals surface area (Å²) in [7, 11) is -3.45. The maximum atomic E-state index is 10.5. The van der Waals surface area contributed by atoms with Crippen molar-refractivity contribution in [2.45, 2.75) is 0 Å². The molecular formula is C4H10N6O2S. The molecule has 0 atom stereocenters. The highest BCUT2D eigenvalue weighted by atomic mass is 32.2. The van der Waals surface area contributed by atoms with Crippen molar-refractivity contribution >= 4 is 21.9 Å². The Labute approximate surface area is 74.8 Å². The van der Waals surface area contributed by atoms with Crippen LogP contribution < -0.4 is 16.2 Å². The number of hydrogen-bond donors (Lipinski definition) is 4. The van der Waals surface area contributed by atoms with Crippen molar-refractivity contribution in [3.8, 4) is 0 Å². The zero-order valence-corrected chi connectivity index (χ0v) is 7.50. The molecule has 0 saturated carbocycles. The van der Waals surface area contributed by atoms with Crippen LogP contribution in [0.4, 0.5) is 11.9 Å². The normalized spacial score (nSPS) is 11.5. The number of hydrogen-bond acceptors (Lipinski definition) is 6. The SMILES string of the molecule is Nc1nc(NCCS(N)(=O)=O)n[nH]1. The van der Waals surface area contributed by atoms with Gasteiger partial charge >= 0.3 is 0 Å². The number of rotatable bonds is 4. The zero-order chi connectivity index (χ0) is 9.90. The average Bonchev–Trinajstić information content (AvgIpc) is 2.33. The van der Waals surface area contributed by atoms with E-state index in [1.807, 2.05) is 0 Å². The van der Waals surface area contributed by atoms with Crippen LogP contribution in [0.25, 0.3) is 0 Å². The van der Waals surface area contributed by atoms with E-state index < -0.39 is 10.0 Å². The quantitative estimate of drug-likeness (QED) is 0.453. The number of aromatic nitrogens is 3. The van der Waals surface area contributed by atoms with Crippen LogP contribution in [0, 0.1) is 0 Å². The standard InChI is InChI=1S/C4H10N6O2S/c5-3-8-4(10-9-3)7-1-2-13(6,11)12/h1-2H2,(H2,6,11,12)(H4,5,7,8,9,10). The Bertz CT molecular complexity index is 370. The van der Waals surface area contributed by atoms with Gasteiger partial charge < -0.3 is 11.1 Å². The number of nitrogens with one attached hydrogen (secondary N) is 2. The summed E-state index contributed by atoms with van der Waals surface area (Å²) in [6.45, 7) is 0.149. The molecule has 0 aliphatic rings. The van der Waals surface area contributed by atoms with Crippen LogP contribution in [0.15, 0.2) is 0 Å². The molecule has 1 rings (SSSR count). The highest BCUT2D eigenvalue weighted by Crippen LogP contribution is 1.97. The molecule has 0 unspecified atom stereocenters. The lowest BCUT2D eigenvalue weighted by molar-refractivity contribution is 0.598. The molecule has 1 aromatic heterocycles. The number of nitrogen functional groups attached to an aromatic ring is 1. The molecule has 0 amide bonds. The van der Waals surface area contributed by atoms with E-state index in [0.717, 1.165) is 0 Å². The number of anilines is 2. The maximum absolute atomic E-state index is 10.5. The Morgan fingerprint density at radius 1 is 1.54 bits per heavy atom. The van der Waals surface area contributed by atoms with Crippen LogP contribution in [-0.4, -0.2) is 35.9 Å². The summed E-state index contributed by atoms with van der Waals surface area (Å²) in [5.74, 6) is 0.237. The average molecular weight is 206 g/mol. The predicted octanol–water partition coefficient (Wildman–Crippen LogP) is -1.91. The van der Waals surface area contributed by atoms with Crippen LogP contribution in [0.5, 0.6) is 0 Å². The minimum atomic E-state index is -3.45. The van der Waals surface area contributed by atoms with Crippen LogP contribution in [-0.2, 0) is 10.0 Å². The molecule has 0 radical (unpaired) electrons. The summed E-state index contributed by atoms with van der Waals surface area (Å²) in [6, 6.07) is 0. The number of aromatic amines is 1. The van der Waals surface area contributed by atoms with Gasteiger partial charge in [-0.25, -0.2) is 18.7 Å². The first-order valence-corrected chi connectivity index (χ1v) is 5.11. The van der Waals surface area contributed by atoms with Gasteiger partial charge in [-0.2, -0.15) is 4.98 Å². The monoisotopic (exact) mass is 206 g/mol. The zero-order valence-electron chi connectivity index (χ0n) is 6.69. The lowest BCUT2D eigenvalue weighted by atomic mass is 10.7. The molecule has 0 spiro atoms. The molecule has 0 aliphatic heterocycles. The van der Waals surface area contributed by atoms with Crippen molar-refractivity contribution in [3.05, 3.63) is 0 Å². The Balaban J connectivity index is 2.36. The van der Waals surface area contributed by atoms with E-state index >= 15 is 0 Å². The smallest absolute Gasteiger partial charge is 0.243 e. The van der Waals surface area contributed by atoms with Gasteiger partial charge in [0, 0.05) is 6.54 Å². The lowest BCUT2D eigenvalue weighted by Crippen LogP contribution is -2.22. The summed E-state index contributed by atoms with van der Waals surface area (Å²) in [6.07, 6.45) is 0. The Morgan fingerprint density at radius 3 is 2.69 bits per heavy atom. The van der Waals surface area contributed by atoms with E-state index in [9.17, 15) is 8.42 Å². The minimum absolute atomic E-state index is 0.149. The fourth-order valence-corrected chi connectivity index (χ4v) is 1.05. The van der Waals surface area contributed by atoms with Crippen LogP contribution in [0.2, 0.25) is 0 Å². The number of nitrogens with zero attached hydrogens (tertiary/aromatic N) is 2. The summed E-state index contributed by atoms with van der Waals surface area (Å²) >= 11 is 0. The van der Waals surface area contributed by atoms with E-state index in [1.54, 1.807) is 0 Å². The van der Waals surface area contributed by atoms with Crippen molar-refractivity contribution in [3.63, 3.8) is 0 Å². The molecule has 8 nitrogen and oxygen atoms in total. The van der Waals surface area contributed by atoms with E-state index in [0.29, 0.717) is 0 Å². The first kappa shape index (κ1) is 9.74. The van der Waals surface area contributed by atoms with Gasteiger partial charge in [-0.3, -0.25) is 0 Å². The fourth-order valence-electron chi connectivity index (χ4n) is 0.658. The van der Waals surface area contributed by atoms with Gasteiger partial charge in [0.2, 0.25) is 21.9 Å². The number of nitrogens with two attached hydrogens (primary N) is 2. The third kappa shape index (κ3) is 3.71. The van der Waals surface area contributed by atoms with Gasteiger partial charge in [0.1, 0.15) is 0 Å². The van der Waals surface area contributed by atoms with Crippen molar-refractivity contribution in [2.24, 2.45) is 5.14 Å². The second-order valence-electron chi connectivity index (χ2n) is 2.34. The molecule has 0 fully saturated rings. The molecule has 1 heterocycles. The van der Waals surface area contributed by atoms with Gasteiger partial charge in [-0.1, -0.05) is 0 Å². The van der Waals surface area contributed by atoms with Gasteiger partial charge in [0.25, 0.3) is 0 Å². The summed E-state index contributed by atoms with van der Waals surface area (Å²) in [5.41, 5.74) is 5.22. The molecule has 6 N–H and O–H groups in total. The number of sulfonamides is 1. The number of primary sulfonamides is 1. The molecule has 0 aromatic carbocycles. The van der Waals surface area contributed by atoms with Crippen molar-refractivity contribution in [1.82, 2.24) is 15.2 Å². The second kappa shape index (κ2) is 3.58. The van der Waals surface area contributed by atoms with Crippen molar-refractivity contribution in [1.29, 1.82) is 0 Å². The second-order valence-corrected chi connectivity index (χ2v) is 4.07. The Kier molecular flexibility index (Phi) is 2.68. The van der Waals surface area contributed by atoms with Gasteiger partial charge in [-0.15, -0.1) is 5.10 Å². The van der Waals surface area contributed by atoms with Crippen molar-refractivity contribution in [2.75, 3.05) is 23.3 Å². The molecular weight excluding hydrogens is 196 g/mol. The largest absolute Gasteiger partial charge is 0.368 e. The van der Waals surface area contributed by atoms with E-state index in [1.165, 1.54) is 0 Å². The fraction of sp³-hybridized carbons (Fsp3) is 0.500. The molecule has 1 aromatic rings. The van der Waals surface area contributed by atoms with E-state index in [-0.39, 0.29) is 24.2 Å². The summed E-state index contributed by atoms with van der Waals surface area (Å²) in [5, 5.41) is 13.4. The maximum Gasteiger partial charge on any atom is 0.243 e. The predicted molar refractivity (Wildman–Crippen MR) is 47.3 cm³/mol. The van der Waals surface area contributed by atoms with Crippen molar-refractivity contribution < 1.29 is 8.42 Å². The van der Waals surface area contributed by atoms with Gasteiger partial charge in [0.15, 0.2) is 0 Å². The van der Waals surface area contributed by atoms with Crippen LogP contribution >= 0.6 is 0 Å². The molecule has 9 heteroatoms. The third-order valence-electron chi connectivity index (χ3n) is 1.17.